The molecule has 3 aliphatic rings. The number of nitrogens with one attached hydrogen (secondary N) is 1. The van der Waals surface area contributed by atoms with Gasteiger partial charge in [-0.25, -0.2) is 10.8 Å². The van der Waals surface area contributed by atoms with Gasteiger partial charge in [-0.2, -0.15) is 0 Å². The van der Waals surface area contributed by atoms with E-state index in [0.29, 0.717) is 6.04 Å². The maximum Gasteiger partial charge on any atom is 0.129 e. The molecule has 1 atom stereocenters. The first kappa shape index (κ1) is 19.6. The van der Waals surface area contributed by atoms with E-state index < -0.39 is 0 Å². The Hall–Kier alpha value is -1.14. The smallest absolute Gasteiger partial charge is 0.129 e. The van der Waals surface area contributed by atoms with Crippen LogP contribution in [-0.4, -0.2) is 36.4 Å². The summed E-state index contributed by atoms with van der Waals surface area (Å²) in [6.45, 7) is 3.50. The van der Waals surface area contributed by atoms with Crippen LogP contribution in [0.25, 0.3) is 0 Å². The second kappa shape index (κ2) is 9.18. The molecule has 0 spiro atoms. The summed E-state index contributed by atoms with van der Waals surface area (Å²) in [7, 11) is 0. The number of hydrogen-bond donors (Lipinski definition) is 2. The quantitative estimate of drug-likeness (QED) is 0.769. The molecule has 1 unspecified atom stereocenters. The third kappa shape index (κ3) is 4.39. The number of para-hydroxylation sites is 1. The lowest BCUT2D eigenvalue weighted by molar-refractivity contribution is 0.337. The Morgan fingerprint density at radius 3 is 2.54 bits per heavy atom. The first-order chi connectivity index (χ1) is 12.3. The number of aliphatic imine (C=N–C) groups is 1. The molecule has 1 saturated heterocycles. The maximum atomic E-state index is 6.43. The van der Waals surface area contributed by atoms with E-state index in [4.69, 9.17) is 10.8 Å². The van der Waals surface area contributed by atoms with Gasteiger partial charge in [0.15, 0.2) is 0 Å². The van der Waals surface area contributed by atoms with Crippen molar-refractivity contribution in [3.8, 4) is 0 Å². The summed E-state index contributed by atoms with van der Waals surface area (Å²) in [6.07, 6.45) is 10.2. The van der Waals surface area contributed by atoms with E-state index in [1.807, 2.05) is 5.01 Å². The Bertz CT molecular complexity index is 608. The minimum absolute atomic E-state index is 0. The highest BCUT2D eigenvalue weighted by molar-refractivity contribution is 5.99. The van der Waals surface area contributed by atoms with E-state index in [1.165, 1.54) is 63.6 Å². The van der Waals surface area contributed by atoms with Crippen LogP contribution in [0, 0.1) is 0 Å². The van der Waals surface area contributed by atoms with Crippen molar-refractivity contribution in [2.75, 3.05) is 24.6 Å². The molecule has 144 valence electrons. The van der Waals surface area contributed by atoms with Crippen LogP contribution in [0.5, 0.6) is 0 Å². The number of rotatable bonds is 5. The molecule has 0 amide bonds. The van der Waals surface area contributed by atoms with E-state index in [9.17, 15) is 0 Å². The number of hydrogen-bond acceptors (Lipinski definition) is 5. The normalized spacial score (nSPS) is 24.1. The Balaban J connectivity index is 0.00000196. The van der Waals surface area contributed by atoms with Gasteiger partial charge >= 0.3 is 0 Å². The summed E-state index contributed by atoms with van der Waals surface area (Å²) in [5.41, 5.74) is 2.31. The molecule has 0 bridgehead atoms. The number of anilines is 1. The van der Waals surface area contributed by atoms with E-state index in [1.54, 1.807) is 0 Å². The van der Waals surface area contributed by atoms with Crippen molar-refractivity contribution in [2.45, 2.75) is 63.6 Å². The maximum absolute atomic E-state index is 6.43. The van der Waals surface area contributed by atoms with Crippen LogP contribution in [0.3, 0.4) is 0 Å². The van der Waals surface area contributed by atoms with Gasteiger partial charge in [0.1, 0.15) is 12.0 Å². The van der Waals surface area contributed by atoms with Gasteiger partial charge in [-0.3, -0.25) is 10.3 Å². The summed E-state index contributed by atoms with van der Waals surface area (Å²) < 4.78 is 0. The summed E-state index contributed by atoms with van der Waals surface area (Å²) in [6, 6.07) is 9.03. The molecule has 1 aromatic carbocycles. The summed E-state index contributed by atoms with van der Waals surface area (Å²) >= 11 is 0. The summed E-state index contributed by atoms with van der Waals surface area (Å²) in [4.78, 5) is 7.57. The van der Waals surface area contributed by atoms with E-state index in [-0.39, 0.29) is 18.6 Å². The number of nitrogens with two attached hydrogens (primary N) is 1. The van der Waals surface area contributed by atoms with Crippen molar-refractivity contribution in [2.24, 2.45) is 10.8 Å². The number of nitrogens with zero attached hydrogens (tertiary/aromatic N) is 3. The van der Waals surface area contributed by atoms with E-state index >= 15 is 0 Å². The third-order valence-electron chi connectivity index (χ3n) is 5.90. The molecule has 3 N–H and O–H groups in total. The van der Waals surface area contributed by atoms with Crippen molar-refractivity contribution in [1.82, 2.24) is 10.2 Å². The molecule has 4 rings (SSSR count). The first-order valence-corrected chi connectivity index (χ1v) is 10.00. The summed E-state index contributed by atoms with van der Waals surface area (Å²) in [5.74, 6) is 7.44. The topological polar surface area (TPSA) is 56.9 Å². The lowest BCUT2D eigenvalue weighted by Crippen LogP contribution is -2.45. The minimum Gasteiger partial charge on any atom is -0.303 e. The summed E-state index contributed by atoms with van der Waals surface area (Å²) in [5, 5.41) is 5.62. The van der Waals surface area contributed by atoms with Crippen LogP contribution in [0.1, 0.15) is 63.1 Å². The molecule has 0 radical (unpaired) electrons. The molecule has 6 heteroatoms. The Morgan fingerprint density at radius 2 is 1.77 bits per heavy atom. The van der Waals surface area contributed by atoms with Crippen LogP contribution in [0.15, 0.2) is 29.3 Å². The van der Waals surface area contributed by atoms with Crippen LogP contribution in [0.2, 0.25) is 0 Å². The molecular formula is C20H32ClN5. The molecule has 26 heavy (non-hydrogen) atoms. The van der Waals surface area contributed by atoms with Gasteiger partial charge in [-0.1, -0.05) is 37.5 Å². The van der Waals surface area contributed by atoms with Gasteiger partial charge in [0.05, 0.1) is 5.69 Å². The number of fused-ring (bicyclic) bond motifs is 1. The lowest BCUT2D eigenvalue weighted by atomic mass is 9.94. The fourth-order valence-electron chi connectivity index (χ4n) is 4.43. The van der Waals surface area contributed by atoms with Crippen molar-refractivity contribution in [1.29, 1.82) is 0 Å². The van der Waals surface area contributed by atoms with E-state index in [2.05, 4.69) is 34.5 Å². The van der Waals surface area contributed by atoms with Gasteiger partial charge < -0.3 is 4.90 Å². The van der Waals surface area contributed by atoms with E-state index in [0.717, 1.165) is 24.5 Å². The Kier molecular flexibility index (Phi) is 6.92. The molecule has 1 saturated carbocycles. The minimum atomic E-state index is 0. The number of benzene rings is 1. The molecule has 2 heterocycles. The molecular weight excluding hydrogens is 346 g/mol. The zero-order valence-electron chi connectivity index (χ0n) is 15.6. The zero-order chi connectivity index (χ0) is 17.1. The van der Waals surface area contributed by atoms with Gasteiger partial charge in [0, 0.05) is 24.6 Å². The SMILES string of the molecule is Cl.NN1C(CCN2CCCC2)=NC(NC2CCCCC2)c2ccccc21. The van der Waals surface area contributed by atoms with Crippen LogP contribution >= 0.6 is 12.4 Å². The van der Waals surface area contributed by atoms with Gasteiger partial charge in [-0.15, -0.1) is 12.4 Å². The fourth-order valence-corrected chi connectivity index (χ4v) is 4.43. The molecule has 0 aromatic heterocycles. The number of hydrazine groups is 1. The molecule has 5 nitrogen and oxygen atoms in total. The predicted molar refractivity (Wildman–Crippen MR) is 111 cm³/mol. The van der Waals surface area contributed by atoms with Gasteiger partial charge in [0.25, 0.3) is 0 Å². The molecule has 2 aliphatic heterocycles. The Morgan fingerprint density at radius 1 is 1.04 bits per heavy atom. The fraction of sp³-hybridized carbons (Fsp3) is 0.650. The average Bonchev–Trinajstić information content (AvgIpc) is 3.17. The standard InChI is InChI=1S/C20H31N5.ClH/c21-25-18-11-5-4-10-17(18)20(22-16-8-2-1-3-9-16)23-19(25)12-15-24-13-6-7-14-24;/h4-5,10-11,16,20,22H,1-3,6-9,12-15,21H2;1H. The highest BCUT2D eigenvalue weighted by Crippen LogP contribution is 2.32. The monoisotopic (exact) mass is 377 g/mol. The highest BCUT2D eigenvalue weighted by atomic mass is 35.5. The second-order valence-corrected chi connectivity index (χ2v) is 7.68. The van der Waals surface area contributed by atoms with Crippen molar-refractivity contribution < 1.29 is 0 Å². The van der Waals surface area contributed by atoms with Crippen LogP contribution in [-0.2, 0) is 0 Å². The van der Waals surface area contributed by atoms with Crippen molar-refractivity contribution in [3.63, 3.8) is 0 Å². The molecule has 1 aliphatic carbocycles. The largest absolute Gasteiger partial charge is 0.303 e. The lowest BCUT2D eigenvalue weighted by Gasteiger charge is -2.35. The second-order valence-electron chi connectivity index (χ2n) is 7.68. The average molecular weight is 378 g/mol. The van der Waals surface area contributed by atoms with Gasteiger partial charge in [-0.05, 0) is 44.8 Å². The number of amidine groups is 1. The van der Waals surface area contributed by atoms with Crippen molar-refractivity contribution in [3.05, 3.63) is 29.8 Å². The first-order valence-electron chi connectivity index (χ1n) is 10.00. The molecule has 1 aromatic rings. The predicted octanol–water partition coefficient (Wildman–Crippen LogP) is 3.61. The third-order valence-corrected chi connectivity index (χ3v) is 5.90. The van der Waals surface area contributed by atoms with Crippen molar-refractivity contribution >= 4 is 23.9 Å². The highest BCUT2D eigenvalue weighted by Gasteiger charge is 2.28. The van der Waals surface area contributed by atoms with Crippen LogP contribution in [0.4, 0.5) is 5.69 Å². The molecule has 2 fully saturated rings. The number of likely N-dealkylation sites (tertiary alicyclic amines) is 1. The number of halogens is 1. The van der Waals surface area contributed by atoms with Crippen LogP contribution < -0.4 is 16.2 Å². The van der Waals surface area contributed by atoms with Gasteiger partial charge in [0.2, 0.25) is 0 Å². The Labute approximate surface area is 163 Å². The zero-order valence-corrected chi connectivity index (χ0v) is 16.4.